The van der Waals surface area contributed by atoms with Crippen molar-refractivity contribution < 1.29 is 23.9 Å². The van der Waals surface area contributed by atoms with Gasteiger partial charge in [0.2, 0.25) is 0 Å². The predicted octanol–water partition coefficient (Wildman–Crippen LogP) is 1.98. The minimum Gasteiger partial charge on any atom is -0.454 e. The van der Waals surface area contributed by atoms with Crippen LogP contribution in [0, 0.1) is 5.92 Å². The summed E-state index contributed by atoms with van der Waals surface area (Å²) in [5.74, 6) is -1.55. The number of carbonyl (C=O) groups excluding carboxylic acids is 4. The van der Waals surface area contributed by atoms with Crippen molar-refractivity contribution in [3.8, 4) is 0 Å². The first kappa shape index (κ1) is 23.4. The summed E-state index contributed by atoms with van der Waals surface area (Å²) in [5, 5.41) is 0. The van der Waals surface area contributed by atoms with Crippen molar-refractivity contribution in [2.24, 2.45) is 5.92 Å². The summed E-state index contributed by atoms with van der Waals surface area (Å²) < 4.78 is 5.36. The number of esters is 1. The summed E-state index contributed by atoms with van der Waals surface area (Å²) in [7, 11) is 0. The third-order valence-corrected chi connectivity index (χ3v) is 6.47. The monoisotopic (exact) mass is 464 g/mol. The highest BCUT2D eigenvalue weighted by molar-refractivity contribution is 6.22. The maximum atomic E-state index is 13.0. The van der Waals surface area contributed by atoms with Crippen LogP contribution in [-0.4, -0.2) is 77.3 Å². The molecule has 178 valence electrons. The molecule has 2 aliphatic rings. The number of benzene rings is 1. The Kier molecular flexibility index (Phi) is 6.90. The number of ether oxygens (including phenoxy) is 1. The second kappa shape index (κ2) is 10.0. The van der Waals surface area contributed by atoms with Crippen molar-refractivity contribution in [1.29, 1.82) is 0 Å². The van der Waals surface area contributed by atoms with Crippen LogP contribution in [0.5, 0.6) is 0 Å². The van der Waals surface area contributed by atoms with Crippen LogP contribution >= 0.6 is 0 Å². The van der Waals surface area contributed by atoms with Crippen molar-refractivity contribution >= 4 is 29.5 Å². The number of hydrogen-bond donors (Lipinski definition) is 0. The quantitative estimate of drug-likeness (QED) is 0.456. The molecule has 0 spiro atoms. The molecule has 1 aromatic heterocycles. The van der Waals surface area contributed by atoms with Gasteiger partial charge in [0.05, 0.1) is 11.1 Å². The molecule has 0 radical (unpaired) electrons. The minimum atomic E-state index is -1.09. The van der Waals surface area contributed by atoms with E-state index >= 15 is 0 Å². The molecule has 1 saturated heterocycles. The van der Waals surface area contributed by atoms with Gasteiger partial charge in [-0.1, -0.05) is 38.5 Å². The van der Waals surface area contributed by atoms with Gasteiger partial charge in [0.15, 0.2) is 6.61 Å². The Bertz CT molecular complexity index is 1050. The van der Waals surface area contributed by atoms with E-state index in [2.05, 4.69) is 9.88 Å². The number of nitrogens with zero attached hydrogens (tertiary/aromatic N) is 4. The smallest absolute Gasteiger partial charge is 0.330 e. The van der Waals surface area contributed by atoms with Gasteiger partial charge in [0, 0.05) is 32.4 Å². The molecule has 4 rings (SSSR count). The largest absolute Gasteiger partial charge is 0.454 e. The fraction of sp³-hybridized carbons (Fsp3) is 0.400. The van der Waals surface area contributed by atoms with Crippen LogP contribution in [0.3, 0.4) is 0 Å². The fourth-order valence-corrected chi connectivity index (χ4v) is 4.31. The Labute approximate surface area is 198 Å². The zero-order valence-corrected chi connectivity index (χ0v) is 19.3. The van der Waals surface area contributed by atoms with Gasteiger partial charge in [-0.3, -0.25) is 19.3 Å². The average molecular weight is 465 g/mol. The highest BCUT2D eigenvalue weighted by Crippen LogP contribution is 2.28. The zero-order valence-electron chi connectivity index (χ0n) is 19.3. The topological polar surface area (TPSA) is 100 Å². The molecule has 1 aromatic carbocycles. The first-order valence-corrected chi connectivity index (χ1v) is 11.5. The molecule has 0 aliphatic carbocycles. The van der Waals surface area contributed by atoms with E-state index < -0.39 is 30.4 Å². The Balaban J connectivity index is 1.37. The van der Waals surface area contributed by atoms with Gasteiger partial charge in [-0.05, 0) is 30.2 Å². The molecule has 0 N–H and O–H groups in total. The normalized spacial score (nSPS) is 17.4. The summed E-state index contributed by atoms with van der Waals surface area (Å²) in [6.45, 7) is 5.45. The molecule has 0 unspecified atom stereocenters. The van der Waals surface area contributed by atoms with Crippen molar-refractivity contribution in [3.05, 3.63) is 59.8 Å². The second-order valence-electron chi connectivity index (χ2n) is 8.52. The van der Waals surface area contributed by atoms with Crippen LogP contribution < -0.4 is 4.90 Å². The maximum absolute atomic E-state index is 13.0. The molecule has 9 nitrogen and oxygen atoms in total. The lowest BCUT2D eigenvalue weighted by molar-refractivity contribution is -0.156. The fourth-order valence-electron chi connectivity index (χ4n) is 4.31. The van der Waals surface area contributed by atoms with Crippen molar-refractivity contribution in [3.63, 3.8) is 0 Å². The van der Waals surface area contributed by atoms with Gasteiger partial charge < -0.3 is 14.5 Å². The average Bonchev–Trinajstić information content (AvgIpc) is 3.13. The van der Waals surface area contributed by atoms with Crippen molar-refractivity contribution in [1.82, 2.24) is 14.8 Å². The number of amides is 3. The number of imide groups is 1. The Hall–Kier alpha value is -3.75. The molecule has 2 aliphatic heterocycles. The standard InChI is InChI=1S/C25H28N4O5/c1-3-17(2)22(29-23(31)18-8-4-5-9-19(18)24(29)32)25(33)34-16-21(30)28-14-12-27(13-15-28)20-10-6-7-11-26-20/h4-11,17,22H,3,12-16H2,1-2H3/t17-,22-/m0/s1. The van der Waals surface area contributed by atoms with E-state index in [1.54, 1.807) is 42.3 Å². The first-order valence-electron chi connectivity index (χ1n) is 11.5. The highest BCUT2D eigenvalue weighted by Gasteiger charge is 2.45. The molecule has 1 fully saturated rings. The Morgan fingerprint density at radius 3 is 2.15 bits per heavy atom. The van der Waals surface area contributed by atoms with Gasteiger partial charge in [0.1, 0.15) is 11.9 Å². The molecular weight excluding hydrogens is 436 g/mol. The third-order valence-electron chi connectivity index (χ3n) is 6.47. The number of fused-ring (bicyclic) bond motifs is 1. The SMILES string of the molecule is CC[C@H](C)[C@@H](C(=O)OCC(=O)N1CCN(c2ccccn2)CC1)N1C(=O)c2ccccc2C1=O. The lowest BCUT2D eigenvalue weighted by Gasteiger charge is -2.35. The van der Waals surface area contributed by atoms with Crippen LogP contribution in [-0.2, 0) is 14.3 Å². The molecular formula is C25H28N4O5. The summed E-state index contributed by atoms with van der Waals surface area (Å²) in [6, 6.07) is 11.1. The van der Waals surface area contributed by atoms with E-state index in [9.17, 15) is 19.2 Å². The lowest BCUT2D eigenvalue weighted by Crippen LogP contribution is -2.52. The summed E-state index contributed by atoms with van der Waals surface area (Å²) in [4.78, 5) is 60.6. The van der Waals surface area contributed by atoms with Crippen LogP contribution in [0.25, 0.3) is 0 Å². The number of carbonyl (C=O) groups is 4. The first-order chi connectivity index (χ1) is 16.4. The van der Waals surface area contributed by atoms with E-state index in [0.29, 0.717) is 32.6 Å². The van der Waals surface area contributed by atoms with Crippen LogP contribution in [0.2, 0.25) is 0 Å². The molecule has 0 bridgehead atoms. The second-order valence-corrected chi connectivity index (χ2v) is 8.52. The highest BCUT2D eigenvalue weighted by atomic mass is 16.5. The maximum Gasteiger partial charge on any atom is 0.330 e. The van der Waals surface area contributed by atoms with E-state index in [0.717, 1.165) is 10.7 Å². The van der Waals surface area contributed by atoms with Crippen molar-refractivity contribution in [2.45, 2.75) is 26.3 Å². The summed E-state index contributed by atoms with van der Waals surface area (Å²) in [6.07, 6.45) is 2.28. The van der Waals surface area contributed by atoms with Gasteiger partial charge in [-0.2, -0.15) is 0 Å². The van der Waals surface area contributed by atoms with E-state index in [-0.39, 0.29) is 23.0 Å². The van der Waals surface area contributed by atoms with Crippen molar-refractivity contribution in [2.75, 3.05) is 37.7 Å². The molecule has 2 aromatic rings. The molecule has 34 heavy (non-hydrogen) atoms. The predicted molar refractivity (Wildman–Crippen MR) is 124 cm³/mol. The third kappa shape index (κ3) is 4.50. The van der Waals surface area contributed by atoms with Gasteiger partial charge in [-0.15, -0.1) is 0 Å². The lowest BCUT2D eigenvalue weighted by atomic mass is 9.97. The van der Waals surface area contributed by atoms with E-state index in [4.69, 9.17) is 4.74 Å². The van der Waals surface area contributed by atoms with Gasteiger partial charge in [-0.25, -0.2) is 9.78 Å². The number of rotatable bonds is 7. The van der Waals surface area contributed by atoms with Crippen LogP contribution in [0.15, 0.2) is 48.7 Å². The van der Waals surface area contributed by atoms with Crippen LogP contribution in [0.4, 0.5) is 5.82 Å². The Morgan fingerprint density at radius 1 is 0.971 bits per heavy atom. The number of aromatic nitrogens is 1. The molecule has 3 heterocycles. The van der Waals surface area contributed by atoms with E-state index in [1.807, 2.05) is 25.1 Å². The number of anilines is 1. The Morgan fingerprint density at radius 2 is 1.59 bits per heavy atom. The molecule has 2 atom stereocenters. The summed E-state index contributed by atoms with van der Waals surface area (Å²) >= 11 is 0. The number of pyridine rings is 1. The minimum absolute atomic E-state index is 0.274. The summed E-state index contributed by atoms with van der Waals surface area (Å²) in [5.41, 5.74) is 0.547. The van der Waals surface area contributed by atoms with Gasteiger partial charge >= 0.3 is 5.97 Å². The van der Waals surface area contributed by atoms with Gasteiger partial charge in [0.25, 0.3) is 17.7 Å². The molecule has 3 amide bonds. The van der Waals surface area contributed by atoms with Crippen LogP contribution in [0.1, 0.15) is 41.0 Å². The number of hydrogen-bond acceptors (Lipinski definition) is 7. The number of piperazine rings is 1. The molecule has 9 heteroatoms. The van der Waals surface area contributed by atoms with E-state index in [1.165, 1.54) is 0 Å². The molecule has 0 saturated carbocycles. The zero-order chi connectivity index (χ0) is 24.2.